The van der Waals surface area contributed by atoms with Gasteiger partial charge in [-0.1, -0.05) is 23.3 Å². The molecule has 0 aliphatic carbocycles. The van der Waals surface area contributed by atoms with Gasteiger partial charge in [-0.2, -0.15) is 4.68 Å². The van der Waals surface area contributed by atoms with Crippen molar-refractivity contribution >= 4 is 29.0 Å². The number of Topliss-reactive ketones (excluding diaryl/α,β-unsaturated/α-hetero) is 1. The van der Waals surface area contributed by atoms with Gasteiger partial charge in [-0.25, -0.2) is 4.79 Å². The number of esters is 1. The summed E-state index contributed by atoms with van der Waals surface area (Å²) in [6.45, 7) is 0. The van der Waals surface area contributed by atoms with Crippen molar-refractivity contribution in [1.29, 1.82) is 0 Å². The van der Waals surface area contributed by atoms with Crippen molar-refractivity contribution in [3.8, 4) is 5.75 Å². The second-order valence-electron chi connectivity index (χ2n) is 5.66. The number of nitrogens with one attached hydrogen (secondary N) is 1. The van der Waals surface area contributed by atoms with Gasteiger partial charge in [-0.3, -0.25) is 4.79 Å². The molecule has 0 saturated carbocycles. The average molecular weight is 383 g/mol. The number of thiophene rings is 1. The molecule has 3 heterocycles. The van der Waals surface area contributed by atoms with Crippen LogP contribution in [0.4, 0.5) is 5.95 Å². The van der Waals surface area contributed by atoms with Gasteiger partial charge in [0.25, 0.3) is 0 Å². The number of hydrogen-bond donors (Lipinski definition) is 2. The molecule has 2 N–H and O–H groups in total. The van der Waals surface area contributed by atoms with Crippen molar-refractivity contribution in [2.24, 2.45) is 0 Å². The number of ether oxygens (including phenoxy) is 1. The van der Waals surface area contributed by atoms with Crippen LogP contribution in [0.3, 0.4) is 0 Å². The molecule has 1 aliphatic rings. The number of benzene rings is 1. The Hall–Kier alpha value is -3.53. The molecular formula is C17H13N5O4S. The SMILES string of the molecule is COC(=O)C1=C(C(=O)c2cccs2)[C@@H](c2cccc(O)c2)n2nnnc2N1. The van der Waals surface area contributed by atoms with Gasteiger partial charge in [0.05, 0.1) is 17.6 Å². The smallest absolute Gasteiger partial charge is 0.355 e. The number of carbonyl (C=O) groups is 2. The third-order valence-electron chi connectivity index (χ3n) is 4.08. The lowest BCUT2D eigenvalue weighted by Gasteiger charge is -2.27. The van der Waals surface area contributed by atoms with Crippen LogP contribution in [0.1, 0.15) is 21.3 Å². The molecule has 0 amide bonds. The van der Waals surface area contributed by atoms with E-state index in [-0.39, 0.29) is 28.8 Å². The fraction of sp³-hybridized carbons (Fsp3) is 0.118. The predicted molar refractivity (Wildman–Crippen MR) is 95.4 cm³/mol. The lowest BCUT2D eigenvalue weighted by atomic mass is 9.91. The summed E-state index contributed by atoms with van der Waals surface area (Å²) in [4.78, 5) is 26.1. The molecular weight excluding hydrogens is 370 g/mol. The third kappa shape index (κ3) is 2.85. The van der Waals surface area contributed by atoms with E-state index in [2.05, 4.69) is 20.8 Å². The summed E-state index contributed by atoms with van der Waals surface area (Å²) in [6.07, 6.45) is 0. The van der Waals surface area contributed by atoms with Crippen LogP contribution >= 0.6 is 11.3 Å². The zero-order valence-corrected chi connectivity index (χ0v) is 14.8. The summed E-state index contributed by atoms with van der Waals surface area (Å²) in [5.74, 6) is -0.864. The maximum atomic E-state index is 13.3. The summed E-state index contributed by atoms with van der Waals surface area (Å²) in [5, 5.41) is 25.9. The Morgan fingerprint density at radius 3 is 2.85 bits per heavy atom. The van der Waals surface area contributed by atoms with E-state index >= 15 is 0 Å². The monoisotopic (exact) mass is 383 g/mol. The number of aromatic hydroxyl groups is 1. The van der Waals surface area contributed by atoms with E-state index in [4.69, 9.17) is 4.74 Å². The van der Waals surface area contributed by atoms with E-state index in [1.54, 1.807) is 29.6 Å². The molecule has 3 aromatic rings. The zero-order chi connectivity index (χ0) is 19.0. The summed E-state index contributed by atoms with van der Waals surface area (Å²) in [6, 6.07) is 8.98. The van der Waals surface area contributed by atoms with Crippen LogP contribution in [-0.2, 0) is 9.53 Å². The highest BCUT2D eigenvalue weighted by Crippen LogP contribution is 2.37. The van der Waals surface area contributed by atoms with Crippen LogP contribution in [0, 0.1) is 0 Å². The number of tetrazole rings is 1. The molecule has 0 spiro atoms. The summed E-state index contributed by atoms with van der Waals surface area (Å²) in [7, 11) is 1.23. The number of hydrogen-bond acceptors (Lipinski definition) is 9. The topological polar surface area (TPSA) is 119 Å². The third-order valence-corrected chi connectivity index (χ3v) is 4.95. The Bertz CT molecular complexity index is 1060. The molecule has 0 bridgehead atoms. The minimum Gasteiger partial charge on any atom is -0.508 e. The molecule has 1 aromatic carbocycles. The molecule has 0 unspecified atom stereocenters. The minimum atomic E-state index is -0.813. The maximum absolute atomic E-state index is 13.3. The van der Waals surface area contributed by atoms with Gasteiger partial charge >= 0.3 is 5.97 Å². The van der Waals surface area contributed by atoms with Gasteiger partial charge in [0.15, 0.2) is 0 Å². The van der Waals surface area contributed by atoms with Crippen molar-refractivity contribution in [3.05, 3.63) is 63.5 Å². The molecule has 0 saturated heterocycles. The number of rotatable bonds is 4. The lowest BCUT2D eigenvalue weighted by Crippen LogP contribution is -2.32. The van der Waals surface area contributed by atoms with Gasteiger partial charge in [0.1, 0.15) is 17.5 Å². The number of allylic oxidation sites excluding steroid dienone is 1. The minimum absolute atomic E-state index is 0.0168. The van der Waals surface area contributed by atoms with Gasteiger partial charge in [0, 0.05) is 0 Å². The zero-order valence-electron chi connectivity index (χ0n) is 14.0. The first-order valence-corrected chi connectivity index (χ1v) is 8.72. The van der Waals surface area contributed by atoms with E-state index in [1.807, 2.05) is 0 Å². The highest BCUT2D eigenvalue weighted by atomic mass is 32.1. The van der Waals surface area contributed by atoms with Crippen LogP contribution in [0.15, 0.2) is 53.0 Å². The number of fused-ring (bicyclic) bond motifs is 1. The second-order valence-corrected chi connectivity index (χ2v) is 6.60. The van der Waals surface area contributed by atoms with Crippen LogP contribution in [0.25, 0.3) is 0 Å². The van der Waals surface area contributed by atoms with Crippen molar-refractivity contribution in [1.82, 2.24) is 20.2 Å². The van der Waals surface area contributed by atoms with E-state index in [1.165, 1.54) is 35.3 Å². The second kappa shape index (κ2) is 6.65. The molecule has 136 valence electrons. The Morgan fingerprint density at radius 2 is 2.15 bits per heavy atom. The van der Waals surface area contributed by atoms with Crippen molar-refractivity contribution < 1.29 is 19.4 Å². The molecule has 0 radical (unpaired) electrons. The summed E-state index contributed by atoms with van der Waals surface area (Å²) in [5.41, 5.74) is 0.646. The standard InChI is InChI=1S/C17H13N5O4S/c1-26-16(25)13-12(15(24)11-6-3-7-27-11)14(9-4-2-5-10(23)8-9)22-17(18-13)19-20-21-22/h2-8,14,23H,1H3,(H,18,19,21)/t14-/m1/s1. The summed E-state index contributed by atoms with van der Waals surface area (Å²) >= 11 is 1.26. The fourth-order valence-corrected chi connectivity index (χ4v) is 3.61. The fourth-order valence-electron chi connectivity index (χ4n) is 2.93. The average Bonchev–Trinajstić information content (AvgIpc) is 3.36. The van der Waals surface area contributed by atoms with Crippen molar-refractivity contribution in [3.63, 3.8) is 0 Å². The van der Waals surface area contributed by atoms with Crippen molar-refractivity contribution in [2.45, 2.75) is 6.04 Å². The summed E-state index contributed by atoms with van der Waals surface area (Å²) < 4.78 is 6.24. The van der Waals surface area contributed by atoms with Crippen LogP contribution in [0.2, 0.25) is 0 Å². The number of aromatic nitrogens is 4. The van der Waals surface area contributed by atoms with Crippen LogP contribution in [-0.4, -0.2) is 44.2 Å². The first-order chi connectivity index (χ1) is 13.1. The Kier molecular flexibility index (Phi) is 4.16. The Balaban J connectivity index is 1.97. The Morgan fingerprint density at radius 1 is 1.30 bits per heavy atom. The molecule has 0 fully saturated rings. The van der Waals surface area contributed by atoms with Crippen LogP contribution < -0.4 is 5.32 Å². The van der Waals surface area contributed by atoms with Gasteiger partial charge in [-0.05, 0) is 39.6 Å². The Labute approximate surface area is 156 Å². The maximum Gasteiger partial charge on any atom is 0.355 e. The largest absolute Gasteiger partial charge is 0.508 e. The first kappa shape index (κ1) is 16.9. The van der Waals surface area contributed by atoms with E-state index < -0.39 is 12.0 Å². The highest BCUT2D eigenvalue weighted by molar-refractivity contribution is 7.12. The van der Waals surface area contributed by atoms with E-state index in [0.717, 1.165) is 0 Å². The normalized spacial score (nSPS) is 15.8. The van der Waals surface area contributed by atoms with Gasteiger partial charge in [-0.15, -0.1) is 11.3 Å². The van der Waals surface area contributed by atoms with E-state index in [9.17, 15) is 14.7 Å². The molecule has 10 heteroatoms. The predicted octanol–water partition coefficient (Wildman–Crippen LogP) is 1.77. The number of anilines is 1. The number of phenols is 1. The number of carbonyl (C=O) groups excluding carboxylic acids is 2. The quantitative estimate of drug-likeness (QED) is 0.517. The molecule has 9 nitrogen and oxygen atoms in total. The molecule has 1 aliphatic heterocycles. The lowest BCUT2D eigenvalue weighted by molar-refractivity contribution is -0.136. The number of phenolic OH excluding ortho intramolecular Hbond substituents is 1. The molecule has 1 atom stereocenters. The van der Waals surface area contributed by atoms with Gasteiger partial charge in [0.2, 0.25) is 11.7 Å². The molecule has 27 heavy (non-hydrogen) atoms. The molecule has 4 rings (SSSR count). The van der Waals surface area contributed by atoms with Crippen molar-refractivity contribution in [2.75, 3.05) is 12.4 Å². The number of ketones is 1. The first-order valence-electron chi connectivity index (χ1n) is 7.84. The highest BCUT2D eigenvalue weighted by Gasteiger charge is 2.38. The van der Waals surface area contributed by atoms with Crippen LogP contribution in [0.5, 0.6) is 5.75 Å². The number of nitrogens with zero attached hydrogens (tertiary/aromatic N) is 4. The number of methoxy groups -OCH3 is 1. The van der Waals surface area contributed by atoms with Gasteiger partial charge < -0.3 is 15.2 Å². The van der Waals surface area contributed by atoms with E-state index in [0.29, 0.717) is 10.4 Å². The molecule has 2 aromatic heterocycles.